The third-order valence-electron chi connectivity index (χ3n) is 3.39. The van der Waals surface area contributed by atoms with Crippen LogP contribution in [0.3, 0.4) is 0 Å². The lowest BCUT2D eigenvalue weighted by atomic mass is 10.1. The van der Waals surface area contributed by atoms with E-state index < -0.39 is 17.6 Å². The SMILES string of the molecule is NC(=O)c1cccc(-c2csc(Nc3cccc(C(F)(F)F)c3)n2)c1. The first kappa shape index (κ1) is 17.0. The lowest BCUT2D eigenvalue weighted by Gasteiger charge is -2.09. The Bertz CT molecular complexity index is 921. The van der Waals surface area contributed by atoms with Crippen molar-refractivity contribution in [2.24, 2.45) is 5.73 Å². The van der Waals surface area contributed by atoms with Gasteiger partial charge in [0.15, 0.2) is 5.13 Å². The van der Waals surface area contributed by atoms with E-state index in [0.717, 1.165) is 12.1 Å². The number of carbonyl (C=O) groups excluding carboxylic acids is 1. The summed E-state index contributed by atoms with van der Waals surface area (Å²) < 4.78 is 38.3. The van der Waals surface area contributed by atoms with E-state index in [2.05, 4.69) is 10.3 Å². The molecule has 0 aliphatic heterocycles. The Labute approximate surface area is 145 Å². The highest BCUT2D eigenvalue weighted by atomic mass is 32.1. The van der Waals surface area contributed by atoms with Crippen LogP contribution >= 0.6 is 11.3 Å². The lowest BCUT2D eigenvalue weighted by Crippen LogP contribution is -2.10. The van der Waals surface area contributed by atoms with Crippen LogP contribution in [0.4, 0.5) is 24.0 Å². The summed E-state index contributed by atoms with van der Waals surface area (Å²) in [6, 6.07) is 11.6. The Balaban J connectivity index is 1.83. The summed E-state index contributed by atoms with van der Waals surface area (Å²) in [6.07, 6.45) is -4.40. The molecular formula is C17H12F3N3OS. The fourth-order valence-corrected chi connectivity index (χ4v) is 2.93. The maximum absolute atomic E-state index is 12.8. The highest BCUT2D eigenvalue weighted by Gasteiger charge is 2.30. The van der Waals surface area contributed by atoms with Gasteiger partial charge in [-0.05, 0) is 30.3 Å². The van der Waals surface area contributed by atoms with Gasteiger partial charge in [0.1, 0.15) is 0 Å². The molecule has 0 spiro atoms. The zero-order valence-corrected chi connectivity index (χ0v) is 13.5. The number of thiazole rings is 1. The number of halogens is 3. The predicted molar refractivity (Wildman–Crippen MR) is 90.8 cm³/mol. The molecule has 0 aliphatic carbocycles. The van der Waals surface area contributed by atoms with E-state index in [0.29, 0.717) is 27.6 Å². The molecule has 1 heterocycles. The first-order valence-corrected chi connectivity index (χ1v) is 8.01. The number of alkyl halides is 3. The summed E-state index contributed by atoms with van der Waals surface area (Å²) in [5, 5.41) is 5.05. The molecule has 0 fully saturated rings. The molecule has 0 aliphatic rings. The monoisotopic (exact) mass is 363 g/mol. The Morgan fingerprint density at radius 3 is 2.60 bits per heavy atom. The van der Waals surface area contributed by atoms with Gasteiger partial charge in [-0.2, -0.15) is 13.2 Å². The van der Waals surface area contributed by atoms with Crippen molar-refractivity contribution in [1.82, 2.24) is 4.98 Å². The number of carbonyl (C=O) groups is 1. The molecular weight excluding hydrogens is 351 g/mol. The third-order valence-corrected chi connectivity index (χ3v) is 4.15. The van der Waals surface area contributed by atoms with E-state index in [9.17, 15) is 18.0 Å². The molecule has 3 aromatic rings. The number of primary amides is 1. The van der Waals surface area contributed by atoms with Gasteiger partial charge in [0.25, 0.3) is 0 Å². The van der Waals surface area contributed by atoms with Crippen molar-refractivity contribution in [1.29, 1.82) is 0 Å². The Morgan fingerprint density at radius 1 is 1.12 bits per heavy atom. The molecule has 4 nitrogen and oxygen atoms in total. The van der Waals surface area contributed by atoms with Gasteiger partial charge < -0.3 is 11.1 Å². The standard InChI is InChI=1S/C17H12F3N3OS/c18-17(19,20)12-5-2-6-13(8-12)22-16-23-14(9-25-16)10-3-1-4-11(7-10)15(21)24/h1-9H,(H2,21,24)(H,22,23). The normalized spacial score (nSPS) is 11.3. The number of hydrogen-bond donors (Lipinski definition) is 2. The molecule has 3 N–H and O–H groups in total. The van der Waals surface area contributed by atoms with Crippen LogP contribution < -0.4 is 11.1 Å². The van der Waals surface area contributed by atoms with E-state index in [1.165, 1.54) is 23.5 Å². The smallest absolute Gasteiger partial charge is 0.366 e. The minimum absolute atomic E-state index is 0.293. The van der Waals surface area contributed by atoms with Crippen molar-refractivity contribution in [3.63, 3.8) is 0 Å². The predicted octanol–water partition coefficient (Wildman–Crippen LogP) is 4.67. The maximum atomic E-state index is 12.8. The summed E-state index contributed by atoms with van der Waals surface area (Å²) in [6.45, 7) is 0. The van der Waals surface area contributed by atoms with E-state index in [-0.39, 0.29) is 0 Å². The first-order valence-electron chi connectivity index (χ1n) is 7.13. The number of nitrogens with zero attached hydrogens (tertiary/aromatic N) is 1. The molecule has 25 heavy (non-hydrogen) atoms. The van der Waals surface area contributed by atoms with E-state index in [1.807, 2.05) is 0 Å². The number of amides is 1. The highest BCUT2D eigenvalue weighted by molar-refractivity contribution is 7.14. The van der Waals surface area contributed by atoms with Crippen LogP contribution in [0.1, 0.15) is 15.9 Å². The number of nitrogens with one attached hydrogen (secondary N) is 1. The van der Waals surface area contributed by atoms with Crippen LogP contribution in [0, 0.1) is 0 Å². The van der Waals surface area contributed by atoms with Gasteiger partial charge in [-0.1, -0.05) is 18.2 Å². The number of nitrogens with two attached hydrogens (primary N) is 1. The Hall–Kier alpha value is -2.87. The molecule has 0 saturated heterocycles. The molecule has 0 radical (unpaired) electrons. The number of hydrogen-bond acceptors (Lipinski definition) is 4. The number of benzene rings is 2. The van der Waals surface area contributed by atoms with E-state index in [4.69, 9.17) is 5.73 Å². The van der Waals surface area contributed by atoms with Crippen molar-refractivity contribution in [3.8, 4) is 11.3 Å². The zero-order valence-electron chi connectivity index (χ0n) is 12.7. The van der Waals surface area contributed by atoms with Crippen LogP contribution in [0.25, 0.3) is 11.3 Å². The summed E-state index contributed by atoms with van der Waals surface area (Å²) in [5.41, 5.74) is 6.47. The fourth-order valence-electron chi connectivity index (χ4n) is 2.19. The minimum atomic E-state index is -4.40. The van der Waals surface area contributed by atoms with E-state index >= 15 is 0 Å². The van der Waals surface area contributed by atoms with Crippen molar-refractivity contribution < 1.29 is 18.0 Å². The summed E-state index contributed by atoms with van der Waals surface area (Å²) in [4.78, 5) is 15.6. The Morgan fingerprint density at radius 2 is 1.88 bits per heavy atom. The third kappa shape index (κ3) is 3.97. The number of aromatic nitrogens is 1. The second-order valence-corrected chi connectivity index (χ2v) is 6.04. The van der Waals surface area contributed by atoms with Crippen molar-refractivity contribution in [3.05, 3.63) is 65.0 Å². The van der Waals surface area contributed by atoms with Gasteiger partial charge in [0.05, 0.1) is 11.3 Å². The van der Waals surface area contributed by atoms with Crippen LogP contribution in [0.15, 0.2) is 53.9 Å². The van der Waals surface area contributed by atoms with Gasteiger partial charge in [0.2, 0.25) is 5.91 Å². The van der Waals surface area contributed by atoms with Crippen LogP contribution in [0.2, 0.25) is 0 Å². The van der Waals surface area contributed by atoms with Gasteiger partial charge >= 0.3 is 6.18 Å². The van der Waals surface area contributed by atoms with Crippen molar-refractivity contribution in [2.45, 2.75) is 6.18 Å². The quantitative estimate of drug-likeness (QED) is 0.708. The topological polar surface area (TPSA) is 68.0 Å². The molecule has 128 valence electrons. The zero-order chi connectivity index (χ0) is 18.0. The van der Waals surface area contributed by atoms with E-state index in [1.54, 1.807) is 29.6 Å². The molecule has 0 atom stereocenters. The average molecular weight is 363 g/mol. The van der Waals surface area contributed by atoms with Crippen molar-refractivity contribution in [2.75, 3.05) is 5.32 Å². The van der Waals surface area contributed by atoms with Crippen LogP contribution in [0.5, 0.6) is 0 Å². The Kier molecular flexibility index (Phi) is 4.45. The van der Waals surface area contributed by atoms with Crippen molar-refractivity contribution >= 4 is 28.1 Å². The highest BCUT2D eigenvalue weighted by Crippen LogP contribution is 2.32. The second-order valence-electron chi connectivity index (χ2n) is 5.19. The summed E-state index contributed by atoms with van der Waals surface area (Å²) in [7, 11) is 0. The van der Waals surface area contributed by atoms with Crippen LogP contribution in [-0.2, 0) is 6.18 Å². The van der Waals surface area contributed by atoms with Gasteiger partial charge in [-0.3, -0.25) is 4.79 Å². The second kappa shape index (κ2) is 6.56. The van der Waals surface area contributed by atoms with Gasteiger partial charge in [-0.15, -0.1) is 11.3 Å². The lowest BCUT2D eigenvalue weighted by molar-refractivity contribution is -0.137. The fraction of sp³-hybridized carbons (Fsp3) is 0.0588. The molecule has 1 aromatic heterocycles. The van der Waals surface area contributed by atoms with Crippen LogP contribution in [-0.4, -0.2) is 10.9 Å². The molecule has 8 heteroatoms. The molecule has 1 amide bonds. The summed E-state index contributed by atoms with van der Waals surface area (Å²) >= 11 is 1.25. The van der Waals surface area contributed by atoms with Gasteiger partial charge in [-0.25, -0.2) is 4.98 Å². The number of anilines is 2. The minimum Gasteiger partial charge on any atom is -0.366 e. The summed E-state index contributed by atoms with van der Waals surface area (Å²) in [5.74, 6) is -0.542. The molecule has 0 unspecified atom stereocenters. The first-order chi connectivity index (χ1) is 11.8. The molecule has 0 saturated carbocycles. The molecule has 2 aromatic carbocycles. The number of rotatable bonds is 4. The van der Waals surface area contributed by atoms with Gasteiger partial charge in [0, 0.05) is 22.2 Å². The average Bonchev–Trinajstić information content (AvgIpc) is 3.03. The molecule has 3 rings (SSSR count). The largest absolute Gasteiger partial charge is 0.416 e. The maximum Gasteiger partial charge on any atom is 0.416 e. The molecule has 0 bridgehead atoms.